The normalized spacial score (nSPS) is 18.6. The summed E-state index contributed by atoms with van der Waals surface area (Å²) in [4.78, 5) is 9.79. The molecular formula is C23H24N2O2. The molecule has 1 unspecified atom stereocenters. The van der Waals surface area contributed by atoms with Crippen molar-refractivity contribution in [2.75, 3.05) is 0 Å². The number of aliphatic hydroxyl groups excluding tert-OH is 1. The Kier molecular flexibility index (Phi) is 4.23. The van der Waals surface area contributed by atoms with Crippen molar-refractivity contribution in [2.24, 2.45) is 0 Å². The predicted octanol–water partition coefficient (Wildman–Crippen LogP) is 4.92. The highest BCUT2D eigenvalue weighted by molar-refractivity contribution is 6.09. The molecular weight excluding hydrogens is 336 g/mol. The lowest BCUT2D eigenvalue weighted by Gasteiger charge is -2.38. The first-order valence-corrected chi connectivity index (χ1v) is 9.37. The van der Waals surface area contributed by atoms with Crippen molar-refractivity contribution < 1.29 is 9.84 Å². The van der Waals surface area contributed by atoms with Gasteiger partial charge in [-0.25, -0.2) is 9.97 Å². The van der Waals surface area contributed by atoms with Crippen LogP contribution in [0.2, 0.25) is 0 Å². The number of ether oxygens (including phenoxy) is 1. The van der Waals surface area contributed by atoms with Crippen LogP contribution in [0.25, 0.3) is 34.0 Å². The number of fused-ring (bicyclic) bond motifs is 6. The lowest BCUT2D eigenvalue weighted by Crippen LogP contribution is -2.46. The first kappa shape index (κ1) is 17.7. The molecule has 4 heteroatoms. The van der Waals surface area contributed by atoms with Crippen molar-refractivity contribution in [1.29, 1.82) is 0 Å². The van der Waals surface area contributed by atoms with Crippen LogP contribution in [0.15, 0.2) is 36.9 Å². The quantitative estimate of drug-likeness (QED) is 0.673. The number of benzene rings is 2. The molecule has 0 saturated carbocycles. The molecule has 0 radical (unpaired) electrons. The summed E-state index contributed by atoms with van der Waals surface area (Å²) < 4.78 is 6.26. The summed E-state index contributed by atoms with van der Waals surface area (Å²) in [5.41, 5.74) is 3.42. The van der Waals surface area contributed by atoms with E-state index in [0.717, 1.165) is 50.9 Å². The molecule has 0 bridgehead atoms. The van der Waals surface area contributed by atoms with Crippen LogP contribution in [-0.2, 0) is 6.42 Å². The molecule has 0 fully saturated rings. The Labute approximate surface area is 159 Å². The summed E-state index contributed by atoms with van der Waals surface area (Å²) in [7, 11) is 0. The second kappa shape index (κ2) is 6.46. The summed E-state index contributed by atoms with van der Waals surface area (Å²) in [6, 6.07) is 8.10. The highest BCUT2D eigenvalue weighted by atomic mass is 16.5. The number of hydrogen-bond acceptors (Lipinski definition) is 4. The van der Waals surface area contributed by atoms with Crippen LogP contribution in [0.5, 0.6) is 5.75 Å². The minimum atomic E-state index is -0.651. The van der Waals surface area contributed by atoms with Gasteiger partial charge < -0.3 is 9.84 Å². The third kappa shape index (κ3) is 2.81. The van der Waals surface area contributed by atoms with Gasteiger partial charge in [-0.3, -0.25) is 0 Å². The molecule has 0 saturated heterocycles. The molecule has 0 amide bonds. The highest BCUT2D eigenvalue weighted by Gasteiger charge is 2.38. The third-order valence-corrected chi connectivity index (χ3v) is 5.21. The summed E-state index contributed by atoms with van der Waals surface area (Å²) >= 11 is 0. The Hall–Kier alpha value is -2.72. The summed E-state index contributed by atoms with van der Waals surface area (Å²) in [6.45, 7) is 9.82. The van der Waals surface area contributed by atoms with Crippen LogP contribution in [0.1, 0.15) is 44.1 Å². The molecule has 138 valence electrons. The molecule has 0 spiro atoms. The van der Waals surface area contributed by atoms with E-state index in [1.165, 1.54) is 0 Å². The molecule has 3 aromatic rings. The second-order valence-corrected chi connectivity index (χ2v) is 7.48. The van der Waals surface area contributed by atoms with E-state index in [-0.39, 0.29) is 0 Å². The fourth-order valence-electron chi connectivity index (χ4n) is 3.60. The van der Waals surface area contributed by atoms with Crippen LogP contribution >= 0.6 is 0 Å². The fraction of sp³-hybridized carbons (Fsp3) is 0.304. The first-order valence-electron chi connectivity index (χ1n) is 9.37. The van der Waals surface area contributed by atoms with Crippen LogP contribution in [-0.4, -0.2) is 26.8 Å². The Morgan fingerprint density at radius 1 is 1.19 bits per heavy atom. The standard InChI is InChI=1S/C23H24N2O2/c1-5-7-12-18-17(6-2)24-21-16-13-19(26)23(3,4)27-22(16)15-11-9-8-10-14(15)20(21)25-18/h6-12,19,26H,2,5,13H2,1,3-4H3/b12-7-. The molecule has 1 atom stereocenters. The Morgan fingerprint density at radius 2 is 1.89 bits per heavy atom. The smallest absolute Gasteiger partial charge is 0.133 e. The lowest BCUT2D eigenvalue weighted by atomic mass is 9.88. The molecule has 1 aliphatic heterocycles. The van der Waals surface area contributed by atoms with Crippen molar-refractivity contribution in [2.45, 2.75) is 45.3 Å². The number of nitrogens with zero attached hydrogens (tertiary/aromatic N) is 2. The minimum Gasteiger partial charge on any atom is -0.484 e. The molecule has 1 aliphatic rings. The van der Waals surface area contributed by atoms with Crippen LogP contribution in [0.3, 0.4) is 0 Å². The third-order valence-electron chi connectivity index (χ3n) is 5.21. The zero-order chi connectivity index (χ0) is 19.2. The predicted molar refractivity (Wildman–Crippen MR) is 111 cm³/mol. The summed E-state index contributed by atoms with van der Waals surface area (Å²) in [5.74, 6) is 0.801. The van der Waals surface area contributed by atoms with E-state index in [1.54, 1.807) is 6.08 Å². The fourth-order valence-corrected chi connectivity index (χ4v) is 3.60. The van der Waals surface area contributed by atoms with Gasteiger partial charge >= 0.3 is 0 Å². The van der Waals surface area contributed by atoms with E-state index in [2.05, 4.69) is 25.6 Å². The molecule has 1 aromatic heterocycles. The number of aromatic nitrogens is 2. The Balaban J connectivity index is 2.12. The van der Waals surface area contributed by atoms with Crippen molar-refractivity contribution >= 4 is 34.0 Å². The molecule has 4 nitrogen and oxygen atoms in total. The Bertz CT molecular complexity index is 1080. The molecule has 1 N–H and O–H groups in total. The second-order valence-electron chi connectivity index (χ2n) is 7.48. The van der Waals surface area contributed by atoms with Gasteiger partial charge in [0.15, 0.2) is 0 Å². The van der Waals surface area contributed by atoms with Gasteiger partial charge in [-0.15, -0.1) is 0 Å². The van der Waals surface area contributed by atoms with Crippen molar-refractivity contribution in [1.82, 2.24) is 9.97 Å². The van der Waals surface area contributed by atoms with Gasteiger partial charge in [0.2, 0.25) is 0 Å². The van der Waals surface area contributed by atoms with Gasteiger partial charge in [-0.05, 0) is 32.4 Å². The van der Waals surface area contributed by atoms with E-state index < -0.39 is 11.7 Å². The summed E-state index contributed by atoms with van der Waals surface area (Å²) in [5, 5.41) is 12.6. The molecule has 4 rings (SSSR count). The van der Waals surface area contributed by atoms with Gasteiger partial charge in [0.05, 0.1) is 28.5 Å². The van der Waals surface area contributed by atoms with E-state index in [0.29, 0.717) is 6.42 Å². The van der Waals surface area contributed by atoms with Gasteiger partial charge in [0.1, 0.15) is 11.4 Å². The van der Waals surface area contributed by atoms with Crippen LogP contribution < -0.4 is 4.74 Å². The Morgan fingerprint density at radius 3 is 2.59 bits per heavy atom. The van der Waals surface area contributed by atoms with E-state index in [1.807, 2.05) is 38.1 Å². The van der Waals surface area contributed by atoms with Crippen molar-refractivity contribution in [3.05, 3.63) is 53.9 Å². The number of aliphatic hydroxyl groups is 1. The average Bonchev–Trinajstić information content (AvgIpc) is 2.67. The monoisotopic (exact) mass is 360 g/mol. The minimum absolute atomic E-state index is 0.485. The molecule has 2 aromatic carbocycles. The lowest BCUT2D eigenvalue weighted by molar-refractivity contribution is -0.0396. The number of hydrogen-bond donors (Lipinski definition) is 1. The zero-order valence-corrected chi connectivity index (χ0v) is 16.0. The molecule has 0 aliphatic carbocycles. The van der Waals surface area contributed by atoms with Gasteiger partial charge in [0, 0.05) is 22.8 Å². The van der Waals surface area contributed by atoms with Crippen LogP contribution in [0.4, 0.5) is 0 Å². The SMILES string of the molecule is C=Cc1nc2c3c(c4ccccc4c2nc1/C=C\CC)OC(C)(C)C(O)C3. The molecule has 2 heterocycles. The summed E-state index contributed by atoms with van der Waals surface area (Å²) in [6.07, 6.45) is 6.59. The number of allylic oxidation sites excluding steroid dienone is 1. The van der Waals surface area contributed by atoms with E-state index >= 15 is 0 Å². The first-order chi connectivity index (χ1) is 13.0. The largest absolute Gasteiger partial charge is 0.484 e. The van der Waals surface area contributed by atoms with Gasteiger partial charge in [-0.2, -0.15) is 0 Å². The van der Waals surface area contributed by atoms with Gasteiger partial charge in [-0.1, -0.05) is 43.8 Å². The maximum absolute atomic E-state index is 10.6. The van der Waals surface area contributed by atoms with Crippen LogP contribution in [0, 0.1) is 0 Å². The number of rotatable bonds is 3. The van der Waals surface area contributed by atoms with Crippen molar-refractivity contribution in [3.8, 4) is 5.75 Å². The topological polar surface area (TPSA) is 55.2 Å². The average molecular weight is 360 g/mol. The van der Waals surface area contributed by atoms with E-state index in [4.69, 9.17) is 14.7 Å². The maximum atomic E-state index is 10.6. The van der Waals surface area contributed by atoms with Crippen molar-refractivity contribution in [3.63, 3.8) is 0 Å². The van der Waals surface area contributed by atoms with E-state index in [9.17, 15) is 5.11 Å². The zero-order valence-electron chi connectivity index (χ0n) is 16.0. The molecule has 27 heavy (non-hydrogen) atoms. The highest BCUT2D eigenvalue weighted by Crippen LogP contribution is 2.43. The van der Waals surface area contributed by atoms with Gasteiger partial charge in [0.25, 0.3) is 0 Å². The maximum Gasteiger partial charge on any atom is 0.133 e.